The van der Waals surface area contributed by atoms with E-state index >= 15 is 0 Å². The van der Waals surface area contributed by atoms with Gasteiger partial charge in [-0.2, -0.15) is 0 Å². The predicted molar refractivity (Wildman–Crippen MR) is 156 cm³/mol. The molecule has 1 amide bonds. The number of carbonyl (C=O) groups excluding carboxylic acids is 1. The summed E-state index contributed by atoms with van der Waals surface area (Å²) in [5.74, 6) is -0.0299. The Kier molecular flexibility index (Phi) is 8.67. The molecule has 4 rings (SSSR count). The van der Waals surface area contributed by atoms with Crippen LogP contribution in [0.15, 0.2) is 107 Å². The van der Waals surface area contributed by atoms with Crippen LogP contribution >= 0.6 is 11.6 Å². The summed E-state index contributed by atoms with van der Waals surface area (Å²) in [5.41, 5.74) is 1.66. The molecule has 0 heterocycles. The second kappa shape index (κ2) is 12.0. The number of benzene rings is 4. The van der Waals surface area contributed by atoms with Crippen molar-refractivity contribution < 1.29 is 26.4 Å². The van der Waals surface area contributed by atoms with Gasteiger partial charge >= 0.3 is 0 Å². The summed E-state index contributed by atoms with van der Waals surface area (Å²) in [6.45, 7) is 1.23. The average molecular weight is 600 g/mol. The van der Waals surface area contributed by atoms with Gasteiger partial charge in [0.05, 0.1) is 22.6 Å². The maximum atomic E-state index is 13.5. The van der Waals surface area contributed by atoms with Crippen LogP contribution in [0.5, 0.6) is 5.75 Å². The molecule has 0 spiro atoms. The van der Waals surface area contributed by atoms with Crippen molar-refractivity contribution in [1.29, 1.82) is 0 Å². The van der Waals surface area contributed by atoms with E-state index in [0.717, 1.165) is 4.31 Å². The summed E-state index contributed by atoms with van der Waals surface area (Å²) in [6, 6.07) is 24.4. The highest BCUT2D eigenvalue weighted by molar-refractivity contribution is 7.93. The van der Waals surface area contributed by atoms with Gasteiger partial charge in [-0.25, -0.2) is 16.8 Å². The van der Waals surface area contributed by atoms with Gasteiger partial charge in [0, 0.05) is 16.4 Å². The second-order valence-electron chi connectivity index (χ2n) is 8.66. The van der Waals surface area contributed by atoms with Gasteiger partial charge in [0.2, 0.25) is 5.91 Å². The number of ether oxygens (including phenoxy) is 1. The Hall–Kier alpha value is -4.06. The van der Waals surface area contributed by atoms with Gasteiger partial charge in [-0.1, -0.05) is 29.8 Å². The predicted octanol–water partition coefficient (Wildman–Crippen LogP) is 5.29. The van der Waals surface area contributed by atoms with Gasteiger partial charge in [-0.05, 0) is 91.3 Å². The van der Waals surface area contributed by atoms with Crippen molar-refractivity contribution in [3.05, 3.63) is 108 Å². The van der Waals surface area contributed by atoms with Gasteiger partial charge in [-0.3, -0.25) is 13.8 Å². The van der Waals surface area contributed by atoms with E-state index in [4.69, 9.17) is 16.3 Å². The van der Waals surface area contributed by atoms with Crippen LogP contribution in [0.1, 0.15) is 5.56 Å². The molecule has 9 nitrogen and oxygen atoms in total. The molecular formula is C28H26ClN3O6S2. The molecular weight excluding hydrogens is 574 g/mol. The lowest BCUT2D eigenvalue weighted by molar-refractivity contribution is -0.114. The van der Waals surface area contributed by atoms with Crippen LogP contribution in [0.2, 0.25) is 5.02 Å². The summed E-state index contributed by atoms with van der Waals surface area (Å²) in [6.07, 6.45) is 0. The van der Waals surface area contributed by atoms with Gasteiger partial charge in [-0.15, -0.1) is 0 Å². The number of para-hydroxylation sites is 1. The Morgan fingerprint density at radius 3 is 1.98 bits per heavy atom. The van der Waals surface area contributed by atoms with Crippen LogP contribution in [0, 0.1) is 6.92 Å². The molecule has 0 fully saturated rings. The lowest BCUT2D eigenvalue weighted by atomic mass is 10.2. The van der Waals surface area contributed by atoms with Gasteiger partial charge < -0.3 is 10.1 Å². The van der Waals surface area contributed by atoms with Crippen molar-refractivity contribution in [2.24, 2.45) is 0 Å². The Morgan fingerprint density at radius 2 is 1.38 bits per heavy atom. The molecule has 12 heteroatoms. The van der Waals surface area contributed by atoms with E-state index < -0.39 is 32.5 Å². The van der Waals surface area contributed by atoms with Crippen molar-refractivity contribution in [3.63, 3.8) is 0 Å². The normalized spacial score (nSPS) is 11.5. The van der Waals surface area contributed by atoms with Crippen molar-refractivity contribution in [1.82, 2.24) is 0 Å². The zero-order valence-corrected chi connectivity index (χ0v) is 23.9. The fourth-order valence-corrected chi connectivity index (χ4v) is 6.47. The third-order valence-corrected chi connectivity index (χ3v) is 9.29. The zero-order valence-electron chi connectivity index (χ0n) is 21.5. The first kappa shape index (κ1) is 28.9. The monoisotopic (exact) mass is 599 g/mol. The summed E-state index contributed by atoms with van der Waals surface area (Å²) >= 11 is 5.93. The molecule has 0 atom stereocenters. The first-order valence-corrected chi connectivity index (χ1v) is 15.2. The molecule has 0 saturated heterocycles. The van der Waals surface area contributed by atoms with Crippen molar-refractivity contribution in [3.8, 4) is 5.75 Å². The SMILES string of the molecule is COc1ccc(NS(=O)(=O)c2ccc(NC(=O)CN(c3ccccc3C)S(=O)(=O)c3ccc(Cl)cc3)cc2)cc1. The molecule has 0 radical (unpaired) electrons. The Bertz CT molecular complexity index is 1710. The van der Waals surface area contributed by atoms with E-state index in [-0.39, 0.29) is 9.79 Å². The standard InChI is InChI=1S/C28H26ClN3O6S2/c1-20-5-3-4-6-27(20)32(40(36,37)26-15-7-21(29)8-16-26)19-28(33)30-22-11-17-25(18-12-22)39(34,35)31-23-9-13-24(38-2)14-10-23/h3-18,31H,19H2,1-2H3,(H,30,33). The lowest BCUT2D eigenvalue weighted by Crippen LogP contribution is -2.38. The number of hydrogen-bond donors (Lipinski definition) is 2. The fourth-order valence-electron chi connectivity index (χ4n) is 3.80. The lowest BCUT2D eigenvalue weighted by Gasteiger charge is -2.25. The number of nitrogens with one attached hydrogen (secondary N) is 2. The molecule has 0 aliphatic carbocycles. The number of halogens is 1. The molecule has 4 aromatic carbocycles. The van der Waals surface area contributed by atoms with Gasteiger partial charge in [0.25, 0.3) is 20.0 Å². The molecule has 0 saturated carbocycles. The average Bonchev–Trinajstić information content (AvgIpc) is 2.93. The number of amides is 1. The minimum atomic E-state index is -4.12. The largest absolute Gasteiger partial charge is 0.497 e. The highest BCUT2D eigenvalue weighted by Crippen LogP contribution is 2.28. The topological polar surface area (TPSA) is 122 Å². The van der Waals surface area contributed by atoms with Crippen LogP contribution in [0.3, 0.4) is 0 Å². The van der Waals surface area contributed by atoms with Crippen LogP contribution < -0.4 is 19.1 Å². The smallest absolute Gasteiger partial charge is 0.264 e. The maximum Gasteiger partial charge on any atom is 0.264 e. The number of aryl methyl sites for hydroxylation is 1. The molecule has 0 bridgehead atoms. The van der Waals surface area contributed by atoms with Crippen LogP contribution in [-0.4, -0.2) is 36.4 Å². The van der Waals surface area contributed by atoms with Crippen LogP contribution in [0.25, 0.3) is 0 Å². The van der Waals surface area contributed by atoms with E-state index in [1.54, 1.807) is 55.5 Å². The summed E-state index contributed by atoms with van der Waals surface area (Å²) < 4.78 is 61.2. The fraction of sp³-hybridized carbons (Fsp3) is 0.107. The Balaban J connectivity index is 1.52. The third-order valence-electron chi connectivity index (χ3n) is 5.86. The number of carbonyl (C=O) groups is 1. The number of methoxy groups -OCH3 is 1. The molecule has 0 aliphatic rings. The molecule has 4 aromatic rings. The van der Waals surface area contributed by atoms with Gasteiger partial charge in [0.15, 0.2) is 0 Å². The van der Waals surface area contributed by atoms with Crippen molar-refractivity contribution in [2.45, 2.75) is 16.7 Å². The number of hydrogen-bond acceptors (Lipinski definition) is 6. The Labute approximate surface area is 238 Å². The number of sulfonamides is 2. The number of rotatable bonds is 10. The Morgan fingerprint density at radius 1 is 0.800 bits per heavy atom. The van der Waals surface area contributed by atoms with Gasteiger partial charge in [0.1, 0.15) is 12.3 Å². The highest BCUT2D eigenvalue weighted by atomic mass is 35.5. The quantitative estimate of drug-likeness (QED) is 0.255. The summed E-state index contributed by atoms with van der Waals surface area (Å²) in [7, 11) is -6.50. The van der Waals surface area contributed by atoms with E-state index in [2.05, 4.69) is 10.0 Å². The molecule has 0 aliphatic heterocycles. The van der Waals surface area contributed by atoms with E-state index in [9.17, 15) is 21.6 Å². The summed E-state index contributed by atoms with van der Waals surface area (Å²) in [5, 5.41) is 3.02. The molecule has 2 N–H and O–H groups in total. The van der Waals surface area contributed by atoms with E-state index in [1.165, 1.54) is 55.6 Å². The zero-order chi connectivity index (χ0) is 28.9. The minimum absolute atomic E-state index is 0.0202. The number of anilines is 3. The molecule has 208 valence electrons. The van der Waals surface area contributed by atoms with E-state index in [1.807, 2.05) is 0 Å². The maximum absolute atomic E-state index is 13.5. The van der Waals surface area contributed by atoms with Crippen molar-refractivity contribution >= 4 is 54.6 Å². The van der Waals surface area contributed by atoms with Crippen LogP contribution in [-0.2, 0) is 24.8 Å². The first-order valence-electron chi connectivity index (χ1n) is 11.9. The number of nitrogens with zero attached hydrogens (tertiary/aromatic N) is 1. The third kappa shape index (κ3) is 6.74. The van der Waals surface area contributed by atoms with Crippen molar-refractivity contribution in [2.75, 3.05) is 28.0 Å². The molecule has 0 aromatic heterocycles. The van der Waals surface area contributed by atoms with Crippen LogP contribution in [0.4, 0.5) is 17.1 Å². The second-order valence-corrected chi connectivity index (χ2v) is 12.6. The van der Waals surface area contributed by atoms with E-state index in [0.29, 0.717) is 33.4 Å². The molecule has 40 heavy (non-hydrogen) atoms. The molecule has 0 unspecified atom stereocenters. The highest BCUT2D eigenvalue weighted by Gasteiger charge is 2.28. The summed E-state index contributed by atoms with van der Waals surface area (Å²) in [4.78, 5) is 13.0. The minimum Gasteiger partial charge on any atom is -0.497 e. The first-order chi connectivity index (χ1) is 19.0.